The molecule has 1 aliphatic heterocycles. The molecule has 146 valence electrons. The molecule has 5 rings (SSSR count). The number of hydrogen-bond acceptors (Lipinski definition) is 4. The fourth-order valence-corrected chi connectivity index (χ4v) is 3.68. The fraction of sp³-hybridized carbons (Fsp3) is 0.190. The molecule has 1 amide bonds. The van der Waals surface area contributed by atoms with Gasteiger partial charge in [0.25, 0.3) is 5.91 Å². The Morgan fingerprint density at radius 3 is 2.97 bits per heavy atom. The van der Waals surface area contributed by atoms with Gasteiger partial charge >= 0.3 is 0 Å². The Morgan fingerprint density at radius 1 is 1.24 bits per heavy atom. The molecule has 4 aromatic rings. The van der Waals surface area contributed by atoms with Crippen LogP contribution in [0, 0.1) is 5.82 Å². The summed E-state index contributed by atoms with van der Waals surface area (Å²) in [7, 11) is 0. The molecule has 2 N–H and O–H groups in total. The average Bonchev–Trinajstić information content (AvgIpc) is 3.43. The Labute approximate surface area is 165 Å². The molecular weight excluding hydrogens is 373 g/mol. The van der Waals surface area contributed by atoms with E-state index < -0.39 is 6.04 Å². The van der Waals surface area contributed by atoms with Crippen molar-refractivity contribution in [3.8, 4) is 11.3 Å². The van der Waals surface area contributed by atoms with Gasteiger partial charge in [-0.15, -0.1) is 0 Å². The molecule has 8 heteroatoms. The van der Waals surface area contributed by atoms with Crippen LogP contribution in [0.5, 0.6) is 0 Å². The van der Waals surface area contributed by atoms with E-state index in [0.717, 1.165) is 16.6 Å². The minimum atomic E-state index is -0.474. The second-order valence-electron chi connectivity index (χ2n) is 6.92. The van der Waals surface area contributed by atoms with Gasteiger partial charge in [0.05, 0.1) is 31.1 Å². The van der Waals surface area contributed by atoms with E-state index in [0.29, 0.717) is 30.1 Å². The average molecular weight is 391 g/mol. The smallest absolute Gasteiger partial charge is 0.271 e. The van der Waals surface area contributed by atoms with E-state index in [-0.39, 0.29) is 18.3 Å². The molecule has 1 aromatic carbocycles. The van der Waals surface area contributed by atoms with Crippen molar-refractivity contribution < 1.29 is 13.9 Å². The lowest BCUT2D eigenvalue weighted by molar-refractivity contribution is -0.00389. The summed E-state index contributed by atoms with van der Waals surface area (Å²) in [5.74, 6) is -0.548. The number of ether oxygens (including phenoxy) is 1. The summed E-state index contributed by atoms with van der Waals surface area (Å²) in [5, 5.41) is 7.53. The topological polar surface area (TPSA) is 86.9 Å². The zero-order chi connectivity index (χ0) is 19.8. The highest BCUT2D eigenvalue weighted by atomic mass is 19.1. The molecule has 29 heavy (non-hydrogen) atoms. The van der Waals surface area contributed by atoms with E-state index in [2.05, 4.69) is 20.2 Å². The highest BCUT2D eigenvalue weighted by Gasteiger charge is 2.31. The number of benzene rings is 1. The van der Waals surface area contributed by atoms with E-state index in [1.807, 2.05) is 12.1 Å². The summed E-state index contributed by atoms with van der Waals surface area (Å²) in [6.07, 6.45) is 3.45. The molecule has 7 nitrogen and oxygen atoms in total. The van der Waals surface area contributed by atoms with E-state index in [1.54, 1.807) is 41.6 Å². The molecular formula is C21H18FN5O2. The number of nitrogens with zero attached hydrogens (tertiary/aromatic N) is 3. The van der Waals surface area contributed by atoms with Crippen LogP contribution in [0.1, 0.15) is 22.1 Å². The molecule has 0 bridgehead atoms. The molecule has 0 aliphatic carbocycles. The van der Waals surface area contributed by atoms with Gasteiger partial charge in [0.2, 0.25) is 0 Å². The SMILES string of the molecule is O=C(c1cc2ccc(-c3cn[nH]c3)nc2[nH]1)N1CCOC[C@@H]1c1ccccc1F. The first-order valence-electron chi connectivity index (χ1n) is 9.33. The fourth-order valence-electron chi connectivity index (χ4n) is 3.68. The minimum absolute atomic E-state index is 0.204. The van der Waals surface area contributed by atoms with Crippen molar-refractivity contribution in [2.24, 2.45) is 0 Å². The van der Waals surface area contributed by atoms with E-state index in [4.69, 9.17) is 4.74 Å². The van der Waals surface area contributed by atoms with Crippen LogP contribution in [0.2, 0.25) is 0 Å². The Kier molecular flexibility index (Phi) is 4.33. The first kappa shape index (κ1) is 17.6. The highest BCUT2D eigenvalue weighted by molar-refractivity contribution is 5.97. The molecule has 0 spiro atoms. The number of fused-ring (bicyclic) bond motifs is 1. The Bertz CT molecular complexity index is 1170. The zero-order valence-corrected chi connectivity index (χ0v) is 15.4. The maximum absolute atomic E-state index is 14.3. The number of H-pyrrole nitrogens is 2. The monoisotopic (exact) mass is 391 g/mol. The molecule has 1 fully saturated rings. The largest absolute Gasteiger partial charge is 0.377 e. The van der Waals surface area contributed by atoms with Crippen LogP contribution in [0.4, 0.5) is 4.39 Å². The lowest BCUT2D eigenvalue weighted by Gasteiger charge is -2.35. The summed E-state index contributed by atoms with van der Waals surface area (Å²) < 4.78 is 19.9. The molecule has 4 heterocycles. The summed E-state index contributed by atoms with van der Waals surface area (Å²) in [6.45, 7) is 1.07. The van der Waals surface area contributed by atoms with Crippen LogP contribution in [0.25, 0.3) is 22.3 Å². The number of carbonyl (C=O) groups is 1. The van der Waals surface area contributed by atoms with Crippen molar-refractivity contribution in [3.63, 3.8) is 0 Å². The number of amides is 1. The first-order chi connectivity index (χ1) is 14.2. The summed E-state index contributed by atoms with van der Waals surface area (Å²) in [6, 6.07) is 11.6. The van der Waals surface area contributed by atoms with Gasteiger partial charge in [0.15, 0.2) is 0 Å². The molecule has 1 saturated heterocycles. The molecule has 3 aromatic heterocycles. The van der Waals surface area contributed by atoms with Crippen molar-refractivity contribution in [2.75, 3.05) is 19.8 Å². The van der Waals surface area contributed by atoms with Crippen LogP contribution in [-0.2, 0) is 4.74 Å². The number of aromatic amines is 2. The maximum Gasteiger partial charge on any atom is 0.271 e. The Hall–Kier alpha value is -3.52. The second kappa shape index (κ2) is 7.14. The number of halogens is 1. The number of morpholine rings is 1. The third-order valence-electron chi connectivity index (χ3n) is 5.16. The third kappa shape index (κ3) is 3.17. The van der Waals surface area contributed by atoms with Crippen LogP contribution in [0.3, 0.4) is 0 Å². The number of pyridine rings is 1. The summed E-state index contributed by atoms with van der Waals surface area (Å²) in [4.78, 5) is 22.6. The number of aromatic nitrogens is 4. The maximum atomic E-state index is 14.3. The standard InChI is InChI=1S/C21H18FN5O2/c22-16-4-2-1-3-15(16)19-12-29-8-7-27(19)21(28)18-9-13-5-6-17(25-20(13)26-18)14-10-23-24-11-14/h1-6,9-11,19H,7-8,12H2,(H,23,24)(H,25,26)/t19-/m1/s1. The lowest BCUT2D eigenvalue weighted by atomic mass is 10.0. The van der Waals surface area contributed by atoms with Gasteiger partial charge in [-0.3, -0.25) is 9.89 Å². The predicted molar refractivity (Wildman–Crippen MR) is 105 cm³/mol. The minimum Gasteiger partial charge on any atom is -0.377 e. The first-order valence-corrected chi connectivity index (χ1v) is 9.33. The predicted octanol–water partition coefficient (Wildman–Crippen LogP) is 3.31. The molecule has 0 radical (unpaired) electrons. The van der Waals surface area contributed by atoms with Gasteiger partial charge < -0.3 is 14.6 Å². The van der Waals surface area contributed by atoms with E-state index in [1.165, 1.54) is 6.07 Å². The third-order valence-corrected chi connectivity index (χ3v) is 5.16. The van der Waals surface area contributed by atoms with Gasteiger partial charge in [-0.2, -0.15) is 5.10 Å². The van der Waals surface area contributed by atoms with Gasteiger partial charge in [-0.1, -0.05) is 18.2 Å². The van der Waals surface area contributed by atoms with Gasteiger partial charge in [-0.25, -0.2) is 9.37 Å². The summed E-state index contributed by atoms with van der Waals surface area (Å²) in [5.41, 5.74) is 3.10. The Morgan fingerprint density at radius 2 is 2.14 bits per heavy atom. The van der Waals surface area contributed by atoms with E-state index in [9.17, 15) is 9.18 Å². The molecule has 1 atom stereocenters. The molecule has 0 saturated carbocycles. The zero-order valence-electron chi connectivity index (χ0n) is 15.4. The van der Waals surface area contributed by atoms with Crippen LogP contribution < -0.4 is 0 Å². The highest BCUT2D eigenvalue weighted by Crippen LogP contribution is 2.29. The number of carbonyl (C=O) groups excluding carboxylic acids is 1. The van der Waals surface area contributed by atoms with Crippen molar-refractivity contribution in [3.05, 3.63) is 71.9 Å². The summed E-state index contributed by atoms with van der Waals surface area (Å²) >= 11 is 0. The van der Waals surface area contributed by atoms with E-state index >= 15 is 0 Å². The molecule has 1 aliphatic rings. The normalized spacial score (nSPS) is 17.0. The molecule has 0 unspecified atom stereocenters. The van der Waals surface area contributed by atoms with Gasteiger partial charge in [0, 0.05) is 29.3 Å². The van der Waals surface area contributed by atoms with Crippen LogP contribution in [0.15, 0.2) is 54.9 Å². The number of rotatable bonds is 3. The number of hydrogen-bond donors (Lipinski definition) is 2. The van der Waals surface area contributed by atoms with Gasteiger partial charge in [-0.05, 0) is 24.3 Å². The quantitative estimate of drug-likeness (QED) is 0.561. The van der Waals surface area contributed by atoms with Crippen molar-refractivity contribution >= 4 is 16.9 Å². The Balaban J connectivity index is 1.48. The number of nitrogens with one attached hydrogen (secondary N) is 2. The van der Waals surface area contributed by atoms with Crippen molar-refractivity contribution in [2.45, 2.75) is 6.04 Å². The van der Waals surface area contributed by atoms with Gasteiger partial charge in [0.1, 0.15) is 17.2 Å². The van der Waals surface area contributed by atoms with Crippen LogP contribution in [-0.4, -0.2) is 50.7 Å². The van der Waals surface area contributed by atoms with Crippen LogP contribution >= 0.6 is 0 Å². The lowest BCUT2D eigenvalue weighted by Crippen LogP contribution is -2.43. The van der Waals surface area contributed by atoms with Crippen molar-refractivity contribution in [1.82, 2.24) is 25.1 Å². The second-order valence-corrected chi connectivity index (χ2v) is 6.92. The van der Waals surface area contributed by atoms with Crippen molar-refractivity contribution in [1.29, 1.82) is 0 Å².